The van der Waals surface area contributed by atoms with E-state index in [1.165, 1.54) is 14.2 Å². The molecular weight excluding hydrogens is 397 g/mol. The minimum absolute atomic E-state index is 0.00194. The molecule has 2 amide bonds. The first-order chi connectivity index (χ1) is 14.7. The van der Waals surface area contributed by atoms with E-state index in [9.17, 15) is 14.6 Å². The van der Waals surface area contributed by atoms with Gasteiger partial charge in [0.05, 0.1) is 7.11 Å². The van der Waals surface area contributed by atoms with Gasteiger partial charge in [-0.2, -0.15) is 0 Å². The molecule has 1 unspecified atom stereocenters. The first kappa shape index (κ1) is 26.3. The number of nitrogens with one attached hydrogen (secondary N) is 2. The molecule has 9 heteroatoms. The summed E-state index contributed by atoms with van der Waals surface area (Å²) in [4.78, 5) is 25.0. The summed E-state index contributed by atoms with van der Waals surface area (Å²) >= 11 is 0. The molecule has 0 aliphatic carbocycles. The molecule has 31 heavy (non-hydrogen) atoms. The summed E-state index contributed by atoms with van der Waals surface area (Å²) < 4.78 is 9.31. The standard InChI is InChI=1S/C11H14BNO2.C11H20N2O3/c1-4-13-9(2)10-5-7-11(8-6-10)12(14)15-3;1-8(2)9(12-11(15)16-3)10(14)13-6-4-5-7-13/h4-8,13-14H,1-2H2,3H3;8-9H,4-7H2,1-3H3,(H,12,15). The van der Waals surface area contributed by atoms with E-state index < -0.39 is 19.3 Å². The fourth-order valence-electron chi connectivity index (χ4n) is 3.03. The second-order valence-corrected chi connectivity index (χ2v) is 7.43. The van der Waals surface area contributed by atoms with Crippen LogP contribution in [0.5, 0.6) is 0 Å². The Morgan fingerprint density at radius 3 is 2.23 bits per heavy atom. The van der Waals surface area contributed by atoms with Crippen molar-refractivity contribution in [1.29, 1.82) is 0 Å². The van der Waals surface area contributed by atoms with Crippen molar-refractivity contribution in [2.45, 2.75) is 32.7 Å². The van der Waals surface area contributed by atoms with Gasteiger partial charge in [0, 0.05) is 25.9 Å². The van der Waals surface area contributed by atoms with E-state index in [-0.39, 0.29) is 11.8 Å². The highest BCUT2D eigenvalue weighted by atomic mass is 16.5. The van der Waals surface area contributed by atoms with Gasteiger partial charge in [0.2, 0.25) is 5.91 Å². The minimum Gasteiger partial charge on any atom is -0.453 e. The molecule has 1 fully saturated rings. The van der Waals surface area contributed by atoms with E-state index in [2.05, 4.69) is 28.5 Å². The second-order valence-electron chi connectivity index (χ2n) is 7.43. The van der Waals surface area contributed by atoms with Crippen LogP contribution < -0.4 is 16.1 Å². The molecular formula is C22H34BN3O5. The normalized spacial score (nSPS) is 13.5. The van der Waals surface area contributed by atoms with Gasteiger partial charge < -0.3 is 29.9 Å². The Bertz CT molecular complexity index is 733. The average Bonchev–Trinajstić information content (AvgIpc) is 3.31. The van der Waals surface area contributed by atoms with Crippen molar-refractivity contribution >= 4 is 30.3 Å². The molecule has 1 aromatic carbocycles. The van der Waals surface area contributed by atoms with Crippen molar-refractivity contribution in [3.63, 3.8) is 0 Å². The molecule has 0 radical (unpaired) electrons. The summed E-state index contributed by atoms with van der Waals surface area (Å²) in [7, 11) is 1.88. The van der Waals surface area contributed by atoms with Crippen LogP contribution in [0.2, 0.25) is 0 Å². The van der Waals surface area contributed by atoms with Crippen molar-refractivity contribution < 1.29 is 24.0 Å². The number of amides is 2. The number of carbonyl (C=O) groups excluding carboxylic acids is 2. The van der Waals surface area contributed by atoms with E-state index >= 15 is 0 Å². The largest absolute Gasteiger partial charge is 0.490 e. The maximum Gasteiger partial charge on any atom is 0.490 e. The highest BCUT2D eigenvalue weighted by Gasteiger charge is 2.30. The molecule has 1 atom stereocenters. The van der Waals surface area contributed by atoms with Gasteiger partial charge >= 0.3 is 13.2 Å². The SMILES string of the molecule is C=CNC(=C)c1ccc(B(O)OC)cc1.COC(=O)NC(C(=O)N1CCCC1)C(C)C. The topological polar surface area (TPSA) is 100 Å². The van der Waals surface area contributed by atoms with Crippen LogP contribution in [0.1, 0.15) is 32.3 Å². The average molecular weight is 431 g/mol. The van der Waals surface area contributed by atoms with Gasteiger partial charge in [-0.25, -0.2) is 4.79 Å². The smallest absolute Gasteiger partial charge is 0.453 e. The third-order valence-corrected chi connectivity index (χ3v) is 4.85. The Labute approximate surface area is 185 Å². The van der Waals surface area contributed by atoms with Crippen LogP contribution in [0.25, 0.3) is 5.70 Å². The molecule has 8 nitrogen and oxygen atoms in total. The van der Waals surface area contributed by atoms with Gasteiger partial charge in [-0.05, 0) is 36.0 Å². The Hall–Kier alpha value is -2.78. The number of nitrogens with zero attached hydrogens (tertiary/aromatic N) is 1. The van der Waals surface area contributed by atoms with Crippen molar-refractivity contribution in [2.75, 3.05) is 27.3 Å². The van der Waals surface area contributed by atoms with Crippen LogP contribution in [0.3, 0.4) is 0 Å². The number of methoxy groups -OCH3 is 1. The zero-order chi connectivity index (χ0) is 23.4. The van der Waals surface area contributed by atoms with Gasteiger partial charge in [-0.15, -0.1) is 0 Å². The quantitative estimate of drug-likeness (QED) is 0.542. The highest BCUT2D eigenvalue weighted by Crippen LogP contribution is 2.13. The Morgan fingerprint density at radius 1 is 1.19 bits per heavy atom. The lowest BCUT2D eigenvalue weighted by Gasteiger charge is -2.26. The third kappa shape index (κ3) is 8.47. The summed E-state index contributed by atoms with van der Waals surface area (Å²) in [6.07, 6.45) is 3.12. The number of hydrogen-bond acceptors (Lipinski definition) is 6. The van der Waals surface area contributed by atoms with Crippen LogP contribution in [-0.4, -0.2) is 62.4 Å². The van der Waals surface area contributed by atoms with E-state index in [4.69, 9.17) is 4.65 Å². The molecule has 2 rings (SSSR count). The monoisotopic (exact) mass is 431 g/mol. The summed E-state index contributed by atoms with van der Waals surface area (Å²) in [5.41, 5.74) is 2.43. The van der Waals surface area contributed by atoms with Crippen molar-refractivity contribution in [2.24, 2.45) is 5.92 Å². The molecule has 1 aliphatic heterocycles. The van der Waals surface area contributed by atoms with Crippen molar-refractivity contribution in [3.05, 3.63) is 49.2 Å². The van der Waals surface area contributed by atoms with Crippen LogP contribution in [-0.2, 0) is 14.2 Å². The number of ether oxygens (including phenoxy) is 1. The first-order valence-corrected chi connectivity index (χ1v) is 10.3. The van der Waals surface area contributed by atoms with Gasteiger partial charge in [0.25, 0.3) is 0 Å². The zero-order valence-electron chi connectivity index (χ0n) is 18.9. The number of likely N-dealkylation sites (tertiary alicyclic amines) is 1. The van der Waals surface area contributed by atoms with Gasteiger partial charge in [0.1, 0.15) is 6.04 Å². The van der Waals surface area contributed by atoms with Crippen LogP contribution in [0.4, 0.5) is 4.79 Å². The van der Waals surface area contributed by atoms with Crippen LogP contribution in [0, 0.1) is 5.92 Å². The number of hydrogen-bond donors (Lipinski definition) is 3. The maximum atomic E-state index is 12.1. The third-order valence-electron chi connectivity index (χ3n) is 4.85. The molecule has 0 aromatic heterocycles. The van der Waals surface area contributed by atoms with Gasteiger partial charge in [-0.3, -0.25) is 4.79 Å². The first-order valence-electron chi connectivity index (χ1n) is 10.3. The van der Waals surface area contributed by atoms with Gasteiger partial charge in [-0.1, -0.05) is 51.3 Å². The predicted octanol–water partition coefficient (Wildman–Crippen LogP) is 1.71. The molecule has 0 bridgehead atoms. The van der Waals surface area contributed by atoms with E-state index in [0.29, 0.717) is 5.46 Å². The zero-order valence-corrected chi connectivity index (χ0v) is 18.9. The van der Waals surface area contributed by atoms with Gasteiger partial charge in [0.15, 0.2) is 0 Å². The number of benzene rings is 1. The molecule has 170 valence electrons. The maximum absolute atomic E-state index is 12.1. The summed E-state index contributed by atoms with van der Waals surface area (Å²) in [5.74, 6) is 0.0603. The molecule has 1 aliphatic rings. The van der Waals surface area contributed by atoms with E-state index in [1.54, 1.807) is 23.2 Å². The minimum atomic E-state index is -0.875. The number of alkyl carbamates (subject to hydrolysis) is 1. The fourth-order valence-corrected chi connectivity index (χ4v) is 3.03. The van der Waals surface area contributed by atoms with E-state index in [0.717, 1.165) is 37.2 Å². The van der Waals surface area contributed by atoms with Crippen molar-refractivity contribution in [3.8, 4) is 0 Å². The molecule has 1 saturated heterocycles. The lowest BCUT2D eigenvalue weighted by molar-refractivity contribution is -0.133. The summed E-state index contributed by atoms with van der Waals surface area (Å²) in [6.45, 7) is 12.8. The number of carbonyl (C=O) groups is 2. The summed E-state index contributed by atoms with van der Waals surface area (Å²) in [5, 5.41) is 14.9. The molecule has 3 N–H and O–H groups in total. The number of rotatable bonds is 8. The molecule has 0 spiro atoms. The summed E-state index contributed by atoms with van der Waals surface area (Å²) in [6, 6.07) is 6.82. The van der Waals surface area contributed by atoms with Crippen LogP contribution >= 0.6 is 0 Å². The molecule has 1 heterocycles. The highest BCUT2D eigenvalue weighted by molar-refractivity contribution is 6.59. The van der Waals surface area contributed by atoms with Crippen LogP contribution in [0.15, 0.2) is 43.6 Å². The Balaban J connectivity index is 0.000000311. The lowest BCUT2D eigenvalue weighted by Crippen LogP contribution is -2.50. The van der Waals surface area contributed by atoms with Crippen molar-refractivity contribution in [1.82, 2.24) is 15.5 Å². The molecule has 1 aromatic rings. The molecule has 0 saturated carbocycles. The lowest BCUT2D eigenvalue weighted by atomic mass is 9.79. The Kier molecular flexibility index (Phi) is 11.4. The van der Waals surface area contributed by atoms with E-state index in [1.807, 2.05) is 26.0 Å². The fraction of sp³-hybridized carbons (Fsp3) is 0.455. The predicted molar refractivity (Wildman–Crippen MR) is 123 cm³/mol. The second kappa shape index (κ2) is 13.5. The Morgan fingerprint density at radius 2 is 1.77 bits per heavy atom.